The second-order valence-corrected chi connectivity index (χ2v) is 5.88. The Balaban J connectivity index is 1.83. The first-order valence-electron chi connectivity index (χ1n) is 6.25. The van der Waals surface area contributed by atoms with Crippen molar-refractivity contribution in [3.05, 3.63) is 0 Å². The molecule has 1 heterocycles. The first-order chi connectivity index (χ1) is 7.38. The van der Waals surface area contributed by atoms with Crippen molar-refractivity contribution in [3.63, 3.8) is 0 Å². The summed E-state index contributed by atoms with van der Waals surface area (Å²) >= 11 is 1.92. The fourth-order valence-corrected chi connectivity index (χ4v) is 3.57. The van der Waals surface area contributed by atoms with Crippen molar-refractivity contribution in [3.8, 4) is 0 Å². The Morgan fingerprint density at radius 1 is 1.13 bits per heavy atom. The number of ether oxygens (including phenoxy) is 1. The van der Waals surface area contributed by atoms with Gasteiger partial charge in [-0.2, -0.15) is 11.8 Å². The molecule has 1 saturated heterocycles. The molecule has 1 aliphatic carbocycles. The van der Waals surface area contributed by atoms with Gasteiger partial charge in [0.1, 0.15) is 0 Å². The van der Waals surface area contributed by atoms with Gasteiger partial charge in [-0.1, -0.05) is 25.7 Å². The zero-order valence-electron chi connectivity index (χ0n) is 9.36. The average Bonchev–Trinajstić information content (AvgIpc) is 2.58. The van der Waals surface area contributed by atoms with Crippen molar-refractivity contribution in [2.24, 2.45) is 5.92 Å². The van der Waals surface area contributed by atoms with Gasteiger partial charge in [-0.3, -0.25) is 0 Å². The van der Waals surface area contributed by atoms with Crippen LogP contribution < -0.4 is 0 Å². The fraction of sp³-hybridized carbons (Fsp3) is 1.00. The van der Waals surface area contributed by atoms with Gasteiger partial charge < -0.3 is 9.84 Å². The van der Waals surface area contributed by atoms with Crippen molar-refractivity contribution in [1.29, 1.82) is 0 Å². The molecule has 88 valence electrons. The summed E-state index contributed by atoms with van der Waals surface area (Å²) in [6.07, 6.45) is 7.58. The van der Waals surface area contributed by atoms with Gasteiger partial charge in [-0.15, -0.1) is 0 Å². The lowest BCUT2D eigenvalue weighted by Gasteiger charge is -2.31. The van der Waals surface area contributed by atoms with Crippen LogP contribution in [0.2, 0.25) is 0 Å². The monoisotopic (exact) mass is 230 g/mol. The van der Waals surface area contributed by atoms with E-state index in [1.54, 1.807) is 0 Å². The SMILES string of the molecule is OC(C1CCCCCC1)C1CSCCO1. The highest BCUT2D eigenvalue weighted by Gasteiger charge is 2.30. The molecule has 0 aromatic heterocycles. The predicted molar refractivity (Wildman–Crippen MR) is 64.3 cm³/mol. The molecule has 2 unspecified atom stereocenters. The van der Waals surface area contributed by atoms with Crippen LogP contribution in [0.4, 0.5) is 0 Å². The number of aliphatic hydroxyl groups is 1. The maximum atomic E-state index is 10.3. The summed E-state index contributed by atoms with van der Waals surface area (Å²) in [5.41, 5.74) is 0. The molecule has 15 heavy (non-hydrogen) atoms. The molecule has 0 radical (unpaired) electrons. The van der Waals surface area contributed by atoms with E-state index in [4.69, 9.17) is 4.74 Å². The van der Waals surface area contributed by atoms with E-state index in [1.807, 2.05) is 11.8 Å². The smallest absolute Gasteiger partial charge is 0.0927 e. The molecule has 3 heteroatoms. The summed E-state index contributed by atoms with van der Waals surface area (Å²) in [4.78, 5) is 0. The Morgan fingerprint density at radius 3 is 2.47 bits per heavy atom. The average molecular weight is 230 g/mol. The molecule has 2 atom stereocenters. The maximum Gasteiger partial charge on any atom is 0.0927 e. The van der Waals surface area contributed by atoms with Crippen LogP contribution in [0.15, 0.2) is 0 Å². The summed E-state index contributed by atoms with van der Waals surface area (Å²) < 4.78 is 5.66. The highest BCUT2D eigenvalue weighted by atomic mass is 32.2. The fourth-order valence-electron chi connectivity index (χ4n) is 2.66. The van der Waals surface area contributed by atoms with E-state index in [9.17, 15) is 5.11 Å². The Labute approximate surface area is 96.8 Å². The number of aliphatic hydroxyl groups excluding tert-OH is 1. The minimum atomic E-state index is -0.212. The molecular formula is C12H22O2S. The second-order valence-electron chi connectivity index (χ2n) is 4.73. The van der Waals surface area contributed by atoms with Crippen LogP contribution in [0.5, 0.6) is 0 Å². The molecule has 2 aliphatic rings. The van der Waals surface area contributed by atoms with Gasteiger partial charge in [0.05, 0.1) is 18.8 Å². The van der Waals surface area contributed by atoms with Gasteiger partial charge in [-0.05, 0) is 18.8 Å². The Hall–Kier alpha value is 0.270. The minimum Gasteiger partial charge on any atom is -0.390 e. The normalized spacial score (nSPS) is 32.2. The lowest BCUT2D eigenvalue weighted by atomic mass is 9.91. The lowest BCUT2D eigenvalue weighted by Crippen LogP contribution is -2.39. The lowest BCUT2D eigenvalue weighted by molar-refractivity contribution is -0.0511. The summed E-state index contributed by atoms with van der Waals surface area (Å²) in [5, 5.41) is 10.3. The number of hydrogen-bond acceptors (Lipinski definition) is 3. The summed E-state index contributed by atoms with van der Waals surface area (Å²) in [5.74, 6) is 2.57. The highest BCUT2D eigenvalue weighted by molar-refractivity contribution is 7.99. The number of rotatable bonds is 2. The molecule has 1 aliphatic heterocycles. The zero-order chi connectivity index (χ0) is 10.5. The van der Waals surface area contributed by atoms with Crippen LogP contribution in [-0.2, 0) is 4.74 Å². The maximum absolute atomic E-state index is 10.3. The van der Waals surface area contributed by atoms with Crippen molar-refractivity contribution in [1.82, 2.24) is 0 Å². The molecule has 0 aromatic carbocycles. The van der Waals surface area contributed by atoms with Gasteiger partial charge in [0.25, 0.3) is 0 Å². The zero-order valence-corrected chi connectivity index (χ0v) is 10.2. The van der Waals surface area contributed by atoms with Crippen molar-refractivity contribution in [2.45, 2.75) is 50.7 Å². The molecule has 0 aromatic rings. The quantitative estimate of drug-likeness (QED) is 0.739. The number of thioether (sulfide) groups is 1. The van der Waals surface area contributed by atoms with Gasteiger partial charge >= 0.3 is 0 Å². The largest absolute Gasteiger partial charge is 0.390 e. The third-order valence-electron chi connectivity index (χ3n) is 3.61. The second kappa shape index (κ2) is 6.12. The summed E-state index contributed by atoms with van der Waals surface area (Å²) in [6, 6.07) is 0. The highest BCUT2D eigenvalue weighted by Crippen LogP contribution is 2.29. The summed E-state index contributed by atoms with van der Waals surface area (Å²) in [7, 11) is 0. The van der Waals surface area contributed by atoms with Crippen LogP contribution in [0.3, 0.4) is 0 Å². The standard InChI is InChI=1S/C12H22O2S/c13-12(11-9-15-8-7-14-11)10-5-3-1-2-4-6-10/h10-13H,1-9H2. The Bertz CT molecular complexity index is 172. The van der Waals surface area contributed by atoms with Gasteiger partial charge in [-0.25, -0.2) is 0 Å². The van der Waals surface area contributed by atoms with E-state index in [0.717, 1.165) is 18.1 Å². The van der Waals surface area contributed by atoms with Gasteiger partial charge in [0, 0.05) is 11.5 Å². The van der Waals surface area contributed by atoms with E-state index in [2.05, 4.69) is 0 Å². The molecule has 0 spiro atoms. The molecule has 0 amide bonds. The van der Waals surface area contributed by atoms with E-state index in [1.165, 1.54) is 38.5 Å². The third-order valence-corrected chi connectivity index (χ3v) is 4.63. The van der Waals surface area contributed by atoms with Crippen LogP contribution in [0, 0.1) is 5.92 Å². The molecule has 1 N–H and O–H groups in total. The van der Waals surface area contributed by atoms with Crippen molar-refractivity contribution in [2.75, 3.05) is 18.1 Å². The predicted octanol–water partition coefficient (Wildman–Crippen LogP) is 2.45. The topological polar surface area (TPSA) is 29.5 Å². The van der Waals surface area contributed by atoms with Crippen LogP contribution in [0.1, 0.15) is 38.5 Å². The van der Waals surface area contributed by atoms with Crippen molar-refractivity contribution >= 4 is 11.8 Å². The van der Waals surface area contributed by atoms with E-state index < -0.39 is 0 Å². The molecule has 2 nitrogen and oxygen atoms in total. The van der Waals surface area contributed by atoms with Crippen LogP contribution in [-0.4, -0.2) is 35.4 Å². The van der Waals surface area contributed by atoms with Gasteiger partial charge in [0.15, 0.2) is 0 Å². The van der Waals surface area contributed by atoms with Crippen molar-refractivity contribution < 1.29 is 9.84 Å². The molecule has 1 saturated carbocycles. The van der Waals surface area contributed by atoms with E-state index in [-0.39, 0.29) is 12.2 Å². The van der Waals surface area contributed by atoms with E-state index >= 15 is 0 Å². The molecule has 0 bridgehead atoms. The van der Waals surface area contributed by atoms with Crippen LogP contribution in [0.25, 0.3) is 0 Å². The summed E-state index contributed by atoms with van der Waals surface area (Å²) in [6.45, 7) is 0.819. The van der Waals surface area contributed by atoms with Gasteiger partial charge in [0.2, 0.25) is 0 Å². The molecule has 2 fully saturated rings. The molecule has 2 rings (SSSR count). The van der Waals surface area contributed by atoms with E-state index in [0.29, 0.717) is 5.92 Å². The Morgan fingerprint density at radius 2 is 1.87 bits per heavy atom. The number of hydrogen-bond donors (Lipinski definition) is 1. The van der Waals surface area contributed by atoms with Crippen LogP contribution >= 0.6 is 11.8 Å². The first kappa shape index (κ1) is 11.7. The molecular weight excluding hydrogens is 208 g/mol. The first-order valence-corrected chi connectivity index (χ1v) is 7.41. The third kappa shape index (κ3) is 3.36. The Kier molecular flexibility index (Phi) is 4.79. The minimum absolute atomic E-state index is 0.104.